The van der Waals surface area contributed by atoms with Crippen LogP contribution in [-0.4, -0.2) is 14.9 Å². The van der Waals surface area contributed by atoms with Crippen LogP contribution < -0.4 is 5.01 Å². The second-order valence-electron chi connectivity index (χ2n) is 8.67. The van der Waals surface area contributed by atoms with E-state index in [9.17, 15) is 0 Å². The molecule has 0 bridgehead atoms. The average Bonchev–Trinajstić information content (AvgIpc) is 3.29. The van der Waals surface area contributed by atoms with Crippen LogP contribution in [0.4, 0.5) is 0 Å². The van der Waals surface area contributed by atoms with Crippen LogP contribution in [0.25, 0.3) is 11.1 Å². The van der Waals surface area contributed by atoms with E-state index < -0.39 is 0 Å². The molecule has 0 amide bonds. The SMILES string of the molecule is CC(C)(C)c1ccc(CN(Cc2ccc(-c3ccccc3)cc2)n2cnnc2)cc1. The molecule has 0 saturated heterocycles. The first-order valence-electron chi connectivity index (χ1n) is 10.3. The summed E-state index contributed by atoms with van der Waals surface area (Å²) in [6.45, 7) is 8.27. The number of hydrogen-bond donors (Lipinski definition) is 0. The highest BCUT2D eigenvalue weighted by Crippen LogP contribution is 2.23. The van der Waals surface area contributed by atoms with Crippen molar-refractivity contribution in [2.75, 3.05) is 5.01 Å². The summed E-state index contributed by atoms with van der Waals surface area (Å²) in [5.74, 6) is 0. The Bertz CT molecular complexity index is 1040. The predicted octanol–water partition coefficient (Wildman–Crippen LogP) is 5.58. The summed E-state index contributed by atoms with van der Waals surface area (Å²) >= 11 is 0. The molecule has 0 aliphatic heterocycles. The molecule has 4 nitrogen and oxygen atoms in total. The lowest BCUT2D eigenvalue weighted by Crippen LogP contribution is -2.32. The summed E-state index contributed by atoms with van der Waals surface area (Å²) in [4.78, 5) is 0. The first-order valence-corrected chi connectivity index (χ1v) is 10.3. The molecular formula is C26H28N4. The minimum Gasteiger partial charge on any atom is -0.302 e. The maximum atomic E-state index is 4.00. The number of aromatic nitrogens is 3. The van der Waals surface area contributed by atoms with Crippen molar-refractivity contribution in [3.63, 3.8) is 0 Å². The monoisotopic (exact) mass is 396 g/mol. The fourth-order valence-electron chi connectivity index (χ4n) is 3.53. The summed E-state index contributed by atoms with van der Waals surface area (Å²) in [5.41, 5.74) is 6.48. The van der Waals surface area contributed by atoms with E-state index in [0.29, 0.717) is 0 Å². The quantitative estimate of drug-likeness (QED) is 0.427. The molecule has 152 valence electrons. The molecule has 4 heteroatoms. The van der Waals surface area contributed by atoms with Crippen molar-refractivity contribution in [2.24, 2.45) is 0 Å². The molecule has 0 aliphatic carbocycles. The topological polar surface area (TPSA) is 34.0 Å². The summed E-state index contributed by atoms with van der Waals surface area (Å²) in [5, 5.41) is 10.2. The fraction of sp³-hybridized carbons (Fsp3) is 0.231. The van der Waals surface area contributed by atoms with Gasteiger partial charge in [-0.1, -0.05) is 99.6 Å². The van der Waals surface area contributed by atoms with Gasteiger partial charge >= 0.3 is 0 Å². The summed E-state index contributed by atoms with van der Waals surface area (Å²) in [6.07, 6.45) is 3.50. The average molecular weight is 397 g/mol. The lowest BCUT2D eigenvalue weighted by atomic mass is 9.87. The molecule has 4 aromatic rings. The van der Waals surface area contributed by atoms with E-state index in [1.54, 1.807) is 12.7 Å². The Labute approximate surface area is 178 Å². The molecule has 0 atom stereocenters. The third-order valence-corrected chi connectivity index (χ3v) is 5.34. The van der Waals surface area contributed by atoms with Gasteiger partial charge in [0.1, 0.15) is 12.7 Å². The number of rotatable bonds is 6. The minimum absolute atomic E-state index is 0.160. The second kappa shape index (κ2) is 8.54. The van der Waals surface area contributed by atoms with E-state index in [-0.39, 0.29) is 5.41 Å². The Hall–Kier alpha value is -3.40. The first kappa shape index (κ1) is 19.9. The molecule has 1 aromatic heterocycles. The van der Waals surface area contributed by atoms with Gasteiger partial charge in [0.25, 0.3) is 0 Å². The van der Waals surface area contributed by atoms with E-state index in [4.69, 9.17) is 0 Å². The third kappa shape index (κ3) is 4.77. The highest BCUT2D eigenvalue weighted by Gasteiger charge is 2.14. The Morgan fingerprint density at radius 3 is 1.70 bits per heavy atom. The molecule has 4 rings (SSSR count). The maximum absolute atomic E-state index is 4.00. The molecule has 0 radical (unpaired) electrons. The highest BCUT2D eigenvalue weighted by atomic mass is 15.6. The number of nitrogens with zero attached hydrogens (tertiary/aromatic N) is 4. The second-order valence-corrected chi connectivity index (χ2v) is 8.67. The Morgan fingerprint density at radius 2 is 1.17 bits per heavy atom. The van der Waals surface area contributed by atoms with Gasteiger partial charge in [-0.05, 0) is 33.2 Å². The lowest BCUT2D eigenvalue weighted by Gasteiger charge is -2.26. The van der Waals surface area contributed by atoms with Crippen LogP contribution in [0.1, 0.15) is 37.5 Å². The van der Waals surface area contributed by atoms with Crippen LogP contribution in [0.15, 0.2) is 91.5 Å². The van der Waals surface area contributed by atoms with Gasteiger partial charge in [0, 0.05) is 0 Å². The molecule has 0 N–H and O–H groups in total. The lowest BCUT2D eigenvalue weighted by molar-refractivity contribution is 0.571. The van der Waals surface area contributed by atoms with E-state index in [1.165, 1.54) is 27.8 Å². The zero-order chi connectivity index (χ0) is 21.0. The molecule has 0 fully saturated rings. The molecule has 1 heterocycles. The molecule has 0 unspecified atom stereocenters. The van der Waals surface area contributed by atoms with Crippen molar-refractivity contribution < 1.29 is 0 Å². The zero-order valence-electron chi connectivity index (χ0n) is 17.9. The van der Waals surface area contributed by atoms with Gasteiger partial charge in [-0.2, -0.15) is 0 Å². The van der Waals surface area contributed by atoms with Gasteiger partial charge in [-0.3, -0.25) is 0 Å². The van der Waals surface area contributed by atoms with E-state index in [1.807, 2.05) is 10.7 Å². The van der Waals surface area contributed by atoms with Gasteiger partial charge in [0.05, 0.1) is 13.1 Å². The molecule has 0 aliphatic rings. The summed E-state index contributed by atoms with van der Waals surface area (Å²) in [7, 11) is 0. The van der Waals surface area contributed by atoms with Crippen LogP contribution in [0.2, 0.25) is 0 Å². The van der Waals surface area contributed by atoms with Gasteiger partial charge in [0.2, 0.25) is 0 Å². The Balaban J connectivity index is 1.52. The maximum Gasteiger partial charge on any atom is 0.139 e. The normalized spacial score (nSPS) is 11.4. The van der Waals surface area contributed by atoms with Crippen molar-refractivity contribution in [3.8, 4) is 11.1 Å². The van der Waals surface area contributed by atoms with Crippen molar-refractivity contribution in [2.45, 2.75) is 39.3 Å². The van der Waals surface area contributed by atoms with Crippen LogP contribution >= 0.6 is 0 Å². The first-order chi connectivity index (χ1) is 14.5. The van der Waals surface area contributed by atoms with Crippen molar-refractivity contribution >= 4 is 0 Å². The predicted molar refractivity (Wildman–Crippen MR) is 123 cm³/mol. The fourth-order valence-corrected chi connectivity index (χ4v) is 3.53. The van der Waals surface area contributed by atoms with Crippen LogP contribution in [0.3, 0.4) is 0 Å². The van der Waals surface area contributed by atoms with Crippen LogP contribution in [0.5, 0.6) is 0 Å². The van der Waals surface area contributed by atoms with Gasteiger partial charge in [-0.25, -0.2) is 4.68 Å². The molecule has 3 aromatic carbocycles. The van der Waals surface area contributed by atoms with Crippen molar-refractivity contribution in [3.05, 3.63) is 108 Å². The largest absolute Gasteiger partial charge is 0.302 e. The number of benzene rings is 3. The van der Waals surface area contributed by atoms with Crippen molar-refractivity contribution in [1.82, 2.24) is 14.9 Å². The van der Waals surface area contributed by atoms with Crippen LogP contribution in [0, 0.1) is 0 Å². The van der Waals surface area contributed by atoms with E-state index >= 15 is 0 Å². The minimum atomic E-state index is 0.160. The van der Waals surface area contributed by atoms with Crippen molar-refractivity contribution in [1.29, 1.82) is 0 Å². The van der Waals surface area contributed by atoms with Gasteiger partial charge < -0.3 is 5.01 Å². The summed E-state index contributed by atoms with van der Waals surface area (Å²) in [6, 6.07) is 28.1. The Morgan fingerprint density at radius 1 is 0.667 bits per heavy atom. The van der Waals surface area contributed by atoms with Gasteiger partial charge in [-0.15, -0.1) is 10.2 Å². The van der Waals surface area contributed by atoms with Crippen LogP contribution in [-0.2, 0) is 18.5 Å². The number of hydrogen-bond acceptors (Lipinski definition) is 3. The zero-order valence-corrected chi connectivity index (χ0v) is 17.9. The van der Waals surface area contributed by atoms with E-state index in [2.05, 4.69) is 109 Å². The molecule has 0 saturated carbocycles. The van der Waals surface area contributed by atoms with E-state index in [0.717, 1.165) is 13.1 Å². The van der Waals surface area contributed by atoms with Gasteiger partial charge in [0.15, 0.2) is 0 Å². The molecular weight excluding hydrogens is 368 g/mol. The third-order valence-electron chi connectivity index (χ3n) is 5.34. The molecule has 30 heavy (non-hydrogen) atoms. The smallest absolute Gasteiger partial charge is 0.139 e. The summed E-state index contributed by atoms with van der Waals surface area (Å²) < 4.78 is 1.96. The Kier molecular flexibility index (Phi) is 5.66. The highest BCUT2D eigenvalue weighted by molar-refractivity contribution is 5.63. The molecule has 0 spiro atoms. The standard InChI is InChI=1S/C26H28N4/c1-26(2,3)25-15-11-22(12-16-25)18-29(30-19-27-28-20-30)17-21-9-13-24(14-10-21)23-7-5-4-6-8-23/h4-16,19-20H,17-18H2,1-3H3.